The Morgan fingerprint density at radius 3 is 2.63 bits per heavy atom. The Kier molecular flexibility index (Phi) is 5.46. The van der Waals surface area contributed by atoms with E-state index < -0.39 is 4.92 Å². The summed E-state index contributed by atoms with van der Waals surface area (Å²) in [5, 5.41) is 25.6. The van der Waals surface area contributed by atoms with E-state index in [4.69, 9.17) is 0 Å². The summed E-state index contributed by atoms with van der Waals surface area (Å²) in [7, 11) is 0. The maximum Gasteiger partial charge on any atom is 0.269 e. The Morgan fingerprint density at radius 1 is 1.22 bits per heavy atom. The third-order valence-corrected chi connectivity index (χ3v) is 4.67. The van der Waals surface area contributed by atoms with Crippen LogP contribution in [0.5, 0.6) is 0 Å². The molecule has 0 unspecified atom stereocenters. The van der Waals surface area contributed by atoms with Gasteiger partial charge in [-0.15, -0.1) is 5.10 Å². The van der Waals surface area contributed by atoms with Gasteiger partial charge in [0.05, 0.1) is 16.4 Å². The van der Waals surface area contributed by atoms with E-state index in [0.29, 0.717) is 16.4 Å². The third-order valence-electron chi connectivity index (χ3n) is 3.75. The lowest BCUT2D eigenvalue weighted by atomic mass is 10.2. The summed E-state index contributed by atoms with van der Waals surface area (Å²) < 4.78 is 1.56. The fourth-order valence-corrected chi connectivity index (χ4v) is 3.03. The van der Waals surface area contributed by atoms with Gasteiger partial charge >= 0.3 is 0 Å². The van der Waals surface area contributed by atoms with Crippen molar-refractivity contribution in [1.82, 2.24) is 20.2 Å². The molecule has 1 N–H and O–H groups in total. The Labute approximate surface area is 158 Å². The van der Waals surface area contributed by atoms with Gasteiger partial charge in [0.15, 0.2) is 0 Å². The molecule has 0 spiro atoms. The van der Waals surface area contributed by atoms with Crippen molar-refractivity contribution < 1.29 is 9.72 Å². The van der Waals surface area contributed by atoms with Gasteiger partial charge in [-0.2, -0.15) is 4.68 Å². The van der Waals surface area contributed by atoms with Crippen LogP contribution in [0.2, 0.25) is 0 Å². The molecule has 0 fully saturated rings. The molecular formula is C17H16N6O3S. The largest absolute Gasteiger partial charge is 0.325 e. The number of carbonyl (C=O) groups is 1. The van der Waals surface area contributed by atoms with Gasteiger partial charge < -0.3 is 5.32 Å². The summed E-state index contributed by atoms with van der Waals surface area (Å²) in [5.74, 6) is -0.154. The van der Waals surface area contributed by atoms with Crippen LogP contribution in [0.25, 0.3) is 5.69 Å². The van der Waals surface area contributed by atoms with Crippen molar-refractivity contribution in [3.05, 3.63) is 63.7 Å². The van der Waals surface area contributed by atoms with Crippen LogP contribution in [0.15, 0.2) is 47.6 Å². The number of carbonyl (C=O) groups excluding carboxylic acids is 1. The number of benzene rings is 2. The van der Waals surface area contributed by atoms with Gasteiger partial charge in [-0.1, -0.05) is 29.5 Å². The maximum absolute atomic E-state index is 12.2. The first kappa shape index (κ1) is 18.5. The van der Waals surface area contributed by atoms with Gasteiger partial charge in [0, 0.05) is 17.8 Å². The Hall–Kier alpha value is -3.27. The van der Waals surface area contributed by atoms with Crippen molar-refractivity contribution in [2.75, 3.05) is 11.1 Å². The Bertz CT molecular complexity index is 987. The van der Waals surface area contributed by atoms with Gasteiger partial charge in [0.1, 0.15) is 0 Å². The zero-order valence-corrected chi connectivity index (χ0v) is 15.4. The molecule has 0 aliphatic heterocycles. The van der Waals surface area contributed by atoms with Crippen LogP contribution in [-0.4, -0.2) is 36.8 Å². The van der Waals surface area contributed by atoms with Crippen LogP contribution in [0, 0.1) is 24.0 Å². The number of hydrogen-bond donors (Lipinski definition) is 1. The molecule has 1 heterocycles. The number of aromatic nitrogens is 4. The summed E-state index contributed by atoms with van der Waals surface area (Å²) in [6.07, 6.45) is 0. The number of aryl methyl sites for hydroxylation is 2. The number of nitrogens with one attached hydrogen (secondary N) is 1. The minimum Gasteiger partial charge on any atom is -0.325 e. The molecule has 1 amide bonds. The smallest absolute Gasteiger partial charge is 0.269 e. The van der Waals surface area contributed by atoms with Crippen LogP contribution >= 0.6 is 11.8 Å². The highest BCUT2D eigenvalue weighted by atomic mass is 32.2. The predicted molar refractivity (Wildman–Crippen MR) is 101 cm³/mol. The normalized spacial score (nSPS) is 10.6. The van der Waals surface area contributed by atoms with E-state index in [9.17, 15) is 14.9 Å². The number of tetrazole rings is 1. The Morgan fingerprint density at radius 2 is 1.96 bits per heavy atom. The first-order valence-corrected chi connectivity index (χ1v) is 8.96. The molecule has 3 aromatic rings. The van der Waals surface area contributed by atoms with Crippen LogP contribution in [0.4, 0.5) is 11.4 Å². The monoisotopic (exact) mass is 384 g/mol. The van der Waals surface area contributed by atoms with E-state index in [0.717, 1.165) is 11.3 Å². The lowest BCUT2D eigenvalue weighted by Gasteiger charge is -2.08. The van der Waals surface area contributed by atoms with E-state index in [2.05, 4.69) is 20.8 Å². The predicted octanol–water partition coefficient (Wildman–Crippen LogP) is 2.92. The van der Waals surface area contributed by atoms with Gasteiger partial charge in [-0.3, -0.25) is 14.9 Å². The molecule has 1 aromatic heterocycles. The molecule has 0 saturated carbocycles. The number of nitrogens with zero attached hydrogens (tertiary/aromatic N) is 5. The van der Waals surface area contributed by atoms with Gasteiger partial charge in [0.2, 0.25) is 11.1 Å². The van der Waals surface area contributed by atoms with Crippen LogP contribution < -0.4 is 5.32 Å². The minimum absolute atomic E-state index is 0.0165. The summed E-state index contributed by atoms with van der Waals surface area (Å²) in [6, 6.07) is 12.0. The SMILES string of the molecule is Cc1ccc(-n2nnnc2SCC(=O)Nc2ccc([N+](=O)[O-])cc2C)cc1. The van der Waals surface area contributed by atoms with E-state index in [1.807, 2.05) is 31.2 Å². The van der Waals surface area contributed by atoms with E-state index in [1.54, 1.807) is 11.6 Å². The summed E-state index contributed by atoms with van der Waals surface area (Å²) >= 11 is 1.20. The molecule has 0 aliphatic rings. The lowest BCUT2D eigenvalue weighted by molar-refractivity contribution is -0.384. The quantitative estimate of drug-likeness (QED) is 0.394. The third kappa shape index (κ3) is 4.47. The highest BCUT2D eigenvalue weighted by Crippen LogP contribution is 2.22. The summed E-state index contributed by atoms with van der Waals surface area (Å²) in [4.78, 5) is 22.5. The fraction of sp³-hybridized carbons (Fsp3) is 0.176. The van der Waals surface area contributed by atoms with Gasteiger partial charge in [-0.25, -0.2) is 0 Å². The zero-order chi connectivity index (χ0) is 19.4. The Balaban J connectivity index is 1.64. The molecule has 138 valence electrons. The first-order valence-electron chi connectivity index (χ1n) is 7.97. The molecule has 0 atom stereocenters. The average Bonchev–Trinajstić information content (AvgIpc) is 3.10. The minimum atomic E-state index is -0.473. The molecule has 10 heteroatoms. The molecule has 2 aromatic carbocycles. The van der Waals surface area contributed by atoms with Crippen molar-refractivity contribution >= 4 is 29.0 Å². The van der Waals surface area contributed by atoms with Crippen molar-refractivity contribution in [3.63, 3.8) is 0 Å². The molecule has 0 radical (unpaired) electrons. The number of nitro groups is 1. The summed E-state index contributed by atoms with van der Waals surface area (Å²) in [6.45, 7) is 3.69. The van der Waals surface area contributed by atoms with Gasteiger partial charge in [0.25, 0.3) is 5.69 Å². The highest BCUT2D eigenvalue weighted by Gasteiger charge is 2.13. The molecule has 9 nitrogen and oxygen atoms in total. The molecule has 27 heavy (non-hydrogen) atoms. The highest BCUT2D eigenvalue weighted by molar-refractivity contribution is 7.99. The van der Waals surface area contributed by atoms with E-state index >= 15 is 0 Å². The maximum atomic E-state index is 12.2. The molecule has 0 bridgehead atoms. The van der Waals surface area contributed by atoms with Gasteiger partial charge in [-0.05, 0) is 48.0 Å². The molecule has 0 saturated heterocycles. The van der Waals surface area contributed by atoms with Crippen LogP contribution in [0.1, 0.15) is 11.1 Å². The van der Waals surface area contributed by atoms with E-state index in [-0.39, 0.29) is 17.3 Å². The zero-order valence-electron chi connectivity index (χ0n) is 14.6. The number of anilines is 1. The van der Waals surface area contributed by atoms with Crippen molar-refractivity contribution in [1.29, 1.82) is 0 Å². The number of amides is 1. The number of nitro benzene ring substituents is 1. The van der Waals surface area contributed by atoms with Crippen molar-refractivity contribution in [3.8, 4) is 5.69 Å². The second-order valence-electron chi connectivity index (χ2n) is 5.80. The standard InChI is InChI=1S/C17H16N6O3S/c1-11-3-5-13(6-4-11)22-17(19-20-21-22)27-10-16(24)18-15-8-7-14(23(25)26)9-12(15)2/h3-9H,10H2,1-2H3,(H,18,24). The molecular weight excluding hydrogens is 368 g/mol. The lowest BCUT2D eigenvalue weighted by Crippen LogP contribution is -2.15. The first-order chi connectivity index (χ1) is 12.9. The van der Waals surface area contributed by atoms with E-state index in [1.165, 1.54) is 30.0 Å². The molecule has 3 rings (SSSR count). The van der Waals surface area contributed by atoms with Crippen LogP contribution in [0.3, 0.4) is 0 Å². The number of non-ortho nitro benzene ring substituents is 1. The fourth-order valence-electron chi connectivity index (χ4n) is 2.33. The molecule has 0 aliphatic carbocycles. The average molecular weight is 384 g/mol. The second-order valence-corrected chi connectivity index (χ2v) is 6.74. The van der Waals surface area contributed by atoms with Crippen molar-refractivity contribution in [2.24, 2.45) is 0 Å². The summed E-state index contributed by atoms with van der Waals surface area (Å²) in [5.41, 5.74) is 3.06. The number of rotatable bonds is 6. The van der Waals surface area contributed by atoms with Crippen molar-refractivity contribution in [2.45, 2.75) is 19.0 Å². The topological polar surface area (TPSA) is 116 Å². The number of hydrogen-bond acceptors (Lipinski definition) is 7. The second kappa shape index (κ2) is 7.96. The van der Waals surface area contributed by atoms with Crippen LogP contribution in [-0.2, 0) is 4.79 Å². The number of thioether (sulfide) groups is 1.